The van der Waals surface area contributed by atoms with Gasteiger partial charge in [0.15, 0.2) is 5.57 Å². The summed E-state index contributed by atoms with van der Waals surface area (Å²) in [7, 11) is 0. The van der Waals surface area contributed by atoms with Gasteiger partial charge in [-0.25, -0.2) is 9.59 Å². The number of hydrogen-bond donors (Lipinski definition) is 2. The second-order valence-corrected chi connectivity index (χ2v) is 5.90. The SMILES string of the molecule is CC1(C)OC(=O)C(=CNc2cc3ccccc3cc2CO)C(=O)O1. The standard InChI is InChI=1S/C18H17NO5/c1-18(2)23-16(21)14(17(22)24-18)9-19-15-8-12-6-4-3-5-11(12)7-13(15)10-20/h3-9,19-20H,10H2,1-2H3. The van der Waals surface area contributed by atoms with Crippen LogP contribution in [0.2, 0.25) is 0 Å². The van der Waals surface area contributed by atoms with Gasteiger partial charge in [0.25, 0.3) is 5.79 Å². The third-order valence-electron chi connectivity index (χ3n) is 3.63. The fourth-order valence-electron chi connectivity index (χ4n) is 2.48. The molecule has 24 heavy (non-hydrogen) atoms. The molecular weight excluding hydrogens is 310 g/mol. The molecule has 1 aliphatic rings. The molecule has 3 rings (SSSR count). The molecule has 0 unspecified atom stereocenters. The van der Waals surface area contributed by atoms with Crippen LogP contribution in [0.1, 0.15) is 19.4 Å². The van der Waals surface area contributed by atoms with Crippen molar-refractivity contribution in [3.8, 4) is 0 Å². The Morgan fingerprint density at radius 3 is 2.25 bits per heavy atom. The van der Waals surface area contributed by atoms with Gasteiger partial charge in [0, 0.05) is 31.3 Å². The minimum Gasteiger partial charge on any atom is -0.419 e. The molecule has 0 aromatic heterocycles. The summed E-state index contributed by atoms with van der Waals surface area (Å²) < 4.78 is 10.1. The van der Waals surface area contributed by atoms with E-state index < -0.39 is 17.7 Å². The molecule has 2 aromatic carbocycles. The van der Waals surface area contributed by atoms with E-state index in [1.165, 1.54) is 20.0 Å². The fourth-order valence-corrected chi connectivity index (χ4v) is 2.48. The van der Waals surface area contributed by atoms with E-state index in [1.54, 1.807) is 0 Å². The van der Waals surface area contributed by atoms with Gasteiger partial charge in [-0.1, -0.05) is 24.3 Å². The molecule has 1 heterocycles. The monoisotopic (exact) mass is 327 g/mol. The number of carbonyl (C=O) groups is 2. The minimum atomic E-state index is -1.27. The summed E-state index contributed by atoms with van der Waals surface area (Å²) in [6.45, 7) is 2.79. The number of aliphatic hydroxyl groups is 1. The number of aliphatic hydroxyl groups excluding tert-OH is 1. The number of ether oxygens (including phenoxy) is 2. The van der Waals surface area contributed by atoms with Gasteiger partial charge in [-0.05, 0) is 22.9 Å². The van der Waals surface area contributed by atoms with Gasteiger partial charge in [-0.15, -0.1) is 0 Å². The lowest BCUT2D eigenvalue weighted by atomic mass is 10.1. The Balaban J connectivity index is 1.92. The molecule has 2 aromatic rings. The van der Waals surface area contributed by atoms with Crippen molar-refractivity contribution in [2.75, 3.05) is 5.32 Å². The van der Waals surface area contributed by atoms with E-state index in [0.29, 0.717) is 11.3 Å². The number of hydrogen-bond acceptors (Lipinski definition) is 6. The topological polar surface area (TPSA) is 84.9 Å². The first-order valence-corrected chi connectivity index (χ1v) is 7.45. The summed E-state index contributed by atoms with van der Waals surface area (Å²) in [6, 6.07) is 11.4. The van der Waals surface area contributed by atoms with Crippen LogP contribution in [0, 0.1) is 0 Å². The van der Waals surface area contributed by atoms with E-state index in [0.717, 1.165) is 10.8 Å². The van der Waals surface area contributed by atoms with Gasteiger partial charge in [-0.2, -0.15) is 0 Å². The lowest BCUT2D eigenvalue weighted by Crippen LogP contribution is -2.42. The Morgan fingerprint density at radius 2 is 1.67 bits per heavy atom. The highest BCUT2D eigenvalue weighted by Gasteiger charge is 2.38. The number of benzene rings is 2. The molecular formula is C18H17NO5. The molecule has 1 fully saturated rings. The smallest absolute Gasteiger partial charge is 0.350 e. The molecule has 0 bridgehead atoms. The predicted octanol–water partition coefficient (Wildman–Crippen LogP) is 2.46. The highest BCUT2D eigenvalue weighted by molar-refractivity contribution is 6.15. The number of esters is 2. The van der Waals surface area contributed by atoms with Gasteiger partial charge in [0.05, 0.1) is 6.61 Å². The lowest BCUT2D eigenvalue weighted by molar-refractivity contribution is -0.222. The molecule has 0 aliphatic carbocycles. The number of fused-ring (bicyclic) bond motifs is 1. The lowest BCUT2D eigenvalue weighted by Gasteiger charge is -2.29. The number of rotatable bonds is 3. The molecule has 0 amide bonds. The summed E-state index contributed by atoms with van der Waals surface area (Å²) >= 11 is 0. The molecule has 0 radical (unpaired) electrons. The first-order valence-electron chi connectivity index (χ1n) is 7.45. The molecule has 2 N–H and O–H groups in total. The van der Waals surface area contributed by atoms with Crippen molar-refractivity contribution in [1.29, 1.82) is 0 Å². The molecule has 6 heteroatoms. The number of carbonyl (C=O) groups excluding carboxylic acids is 2. The van der Waals surface area contributed by atoms with Crippen molar-refractivity contribution in [2.45, 2.75) is 26.2 Å². The molecule has 0 spiro atoms. The summed E-state index contributed by atoms with van der Waals surface area (Å²) in [6.07, 6.45) is 1.24. The van der Waals surface area contributed by atoms with Crippen molar-refractivity contribution in [3.63, 3.8) is 0 Å². The van der Waals surface area contributed by atoms with E-state index in [-0.39, 0.29) is 12.2 Å². The van der Waals surface area contributed by atoms with Crippen molar-refractivity contribution >= 4 is 28.4 Å². The second kappa shape index (κ2) is 5.98. The van der Waals surface area contributed by atoms with E-state index in [4.69, 9.17) is 9.47 Å². The van der Waals surface area contributed by atoms with Crippen LogP contribution in [-0.4, -0.2) is 22.8 Å². The minimum absolute atomic E-state index is 0.182. The van der Waals surface area contributed by atoms with E-state index in [2.05, 4.69) is 5.32 Å². The Labute approximate surface area is 138 Å². The van der Waals surface area contributed by atoms with Crippen LogP contribution >= 0.6 is 0 Å². The maximum absolute atomic E-state index is 11.9. The summed E-state index contributed by atoms with van der Waals surface area (Å²) in [5.41, 5.74) is 1.00. The Hall–Kier alpha value is -2.86. The van der Waals surface area contributed by atoms with E-state index >= 15 is 0 Å². The van der Waals surface area contributed by atoms with Crippen molar-refractivity contribution < 1.29 is 24.2 Å². The van der Waals surface area contributed by atoms with Crippen LogP contribution in [0.4, 0.5) is 5.69 Å². The number of nitrogens with one attached hydrogen (secondary N) is 1. The Morgan fingerprint density at radius 1 is 1.08 bits per heavy atom. The molecule has 1 saturated heterocycles. The molecule has 1 aliphatic heterocycles. The highest BCUT2D eigenvalue weighted by Crippen LogP contribution is 2.26. The fraction of sp³-hybridized carbons (Fsp3) is 0.222. The number of cyclic esters (lactones) is 2. The zero-order valence-electron chi connectivity index (χ0n) is 13.3. The third kappa shape index (κ3) is 3.09. The van der Waals surface area contributed by atoms with Crippen molar-refractivity contribution in [3.05, 3.63) is 53.7 Å². The third-order valence-corrected chi connectivity index (χ3v) is 3.63. The molecule has 0 atom stereocenters. The van der Waals surface area contributed by atoms with Gasteiger partial charge >= 0.3 is 11.9 Å². The van der Waals surface area contributed by atoms with Crippen molar-refractivity contribution in [2.24, 2.45) is 0 Å². The van der Waals surface area contributed by atoms with Crippen LogP contribution in [0.5, 0.6) is 0 Å². The van der Waals surface area contributed by atoms with Crippen LogP contribution in [0.15, 0.2) is 48.2 Å². The normalized spacial score (nSPS) is 16.5. The first-order chi connectivity index (χ1) is 11.4. The Kier molecular flexibility index (Phi) is 3.99. The zero-order valence-corrected chi connectivity index (χ0v) is 13.3. The largest absolute Gasteiger partial charge is 0.419 e. The number of anilines is 1. The molecule has 0 saturated carbocycles. The molecule has 6 nitrogen and oxygen atoms in total. The van der Waals surface area contributed by atoms with Gasteiger partial charge in [0.1, 0.15) is 0 Å². The maximum atomic E-state index is 11.9. The summed E-state index contributed by atoms with van der Waals surface area (Å²) in [5.74, 6) is -2.78. The maximum Gasteiger partial charge on any atom is 0.350 e. The van der Waals surface area contributed by atoms with Crippen LogP contribution in [0.25, 0.3) is 10.8 Å². The second-order valence-electron chi connectivity index (χ2n) is 5.90. The van der Waals surface area contributed by atoms with Gasteiger partial charge in [-0.3, -0.25) is 0 Å². The highest BCUT2D eigenvalue weighted by atomic mass is 16.7. The average Bonchev–Trinajstić information content (AvgIpc) is 2.52. The van der Waals surface area contributed by atoms with Crippen molar-refractivity contribution in [1.82, 2.24) is 0 Å². The molecule has 124 valence electrons. The average molecular weight is 327 g/mol. The van der Waals surface area contributed by atoms with E-state index in [9.17, 15) is 14.7 Å². The van der Waals surface area contributed by atoms with Gasteiger partial charge < -0.3 is 19.9 Å². The Bertz CT molecular complexity index is 832. The van der Waals surface area contributed by atoms with Gasteiger partial charge in [0.2, 0.25) is 0 Å². The van der Waals surface area contributed by atoms with Crippen LogP contribution in [-0.2, 0) is 25.7 Å². The predicted molar refractivity (Wildman–Crippen MR) is 87.8 cm³/mol. The van der Waals surface area contributed by atoms with Crippen LogP contribution in [0.3, 0.4) is 0 Å². The zero-order chi connectivity index (χ0) is 17.3. The van der Waals surface area contributed by atoms with E-state index in [1.807, 2.05) is 36.4 Å². The van der Waals surface area contributed by atoms with Crippen LogP contribution < -0.4 is 5.32 Å². The summed E-state index contributed by atoms with van der Waals surface area (Å²) in [5, 5.41) is 14.4. The summed E-state index contributed by atoms with van der Waals surface area (Å²) in [4.78, 5) is 23.9. The quantitative estimate of drug-likeness (QED) is 0.512. The first kappa shape index (κ1) is 16.0.